The lowest BCUT2D eigenvalue weighted by Crippen LogP contribution is -2.20. The first-order valence-corrected chi connectivity index (χ1v) is 4.84. The Hall–Kier alpha value is -1.63. The van der Waals surface area contributed by atoms with Gasteiger partial charge in [0.25, 0.3) is 0 Å². The molecular weight excluding hydrogens is 192 g/mol. The van der Waals surface area contributed by atoms with Gasteiger partial charge in [-0.3, -0.25) is 0 Å². The zero-order valence-corrected chi connectivity index (χ0v) is 7.29. The van der Waals surface area contributed by atoms with Gasteiger partial charge >= 0.3 is 10.2 Å². The van der Waals surface area contributed by atoms with Crippen molar-refractivity contribution in [1.82, 2.24) is 18.1 Å². The molecular formula is C6H6N4O2S. The summed E-state index contributed by atoms with van der Waals surface area (Å²) in [6, 6.07) is 1.54. The van der Waals surface area contributed by atoms with E-state index in [4.69, 9.17) is 0 Å². The van der Waals surface area contributed by atoms with E-state index in [1.807, 2.05) is 0 Å². The van der Waals surface area contributed by atoms with Crippen LogP contribution in [0.1, 0.15) is 0 Å². The van der Waals surface area contributed by atoms with Gasteiger partial charge in [-0.15, -0.1) is 4.09 Å². The van der Waals surface area contributed by atoms with Gasteiger partial charge < -0.3 is 0 Å². The highest BCUT2D eigenvalue weighted by Crippen LogP contribution is 1.99. The van der Waals surface area contributed by atoms with Crippen molar-refractivity contribution in [2.24, 2.45) is 0 Å². The van der Waals surface area contributed by atoms with Crippen LogP contribution in [0, 0.1) is 0 Å². The monoisotopic (exact) mass is 198 g/mol. The third-order valence-corrected chi connectivity index (χ3v) is 2.90. The van der Waals surface area contributed by atoms with Crippen LogP contribution in [0.4, 0.5) is 0 Å². The Balaban J connectivity index is 2.56. The molecule has 0 saturated heterocycles. The van der Waals surface area contributed by atoms with Gasteiger partial charge in [-0.05, 0) is 6.07 Å². The van der Waals surface area contributed by atoms with Crippen LogP contribution in [0.5, 0.6) is 0 Å². The molecule has 0 N–H and O–H groups in total. The lowest BCUT2D eigenvalue weighted by Gasteiger charge is -2.02. The van der Waals surface area contributed by atoms with Crippen LogP contribution in [0.3, 0.4) is 0 Å². The lowest BCUT2D eigenvalue weighted by molar-refractivity contribution is 0.570. The summed E-state index contributed by atoms with van der Waals surface area (Å²) in [5, 5.41) is 3.62. The van der Waals surface area contributed by atoms with E-state index in [0.29, 0.717) is 0 Å². The smallest absolute Gasteiger partial charge is 0.244 e. The number of imidazole rings is 1. The molecule has 0 saturated carbocycles. The van der Waals surface area contributed by atoms with Crippen molar-refractivity contribution in [1.29, 1.82) is 0 Å². The second kappa shape index (κ2) is 2.70. The maximum Gasteiger partial charge on any atom is 0.349 e. The van der Waals surface area contributed by atoms with Crippen LogP contribution < -0.4 is 0 Å². The molecule has 0 radical (unpaired) electrons. The van der Waals surface area contributed by atoms with E-state index >= 15 is 0 Å². The lowest BCUT2D eigenvalue weighted by atomic mass is 10.8. The minimum absolute atomic E-state index is 0.870. The molecule has 0 spiro atoms. The highest BCUT2D eigenvalue weighted by atomic mass is 32.2. The molecule has 0 fully saturated rings. The van der Waals surface area contributed by atoms with Crippen LogP contribution in [0.15, 0.2) is 37.2 Å². The summed E-state index contributed by atoms with van der Waals surface area (Å²) >= 11 is 0. The van der Waals surface area contributed by atoms with Crippen molar-refractivity contribution in [3.8, 4) is 0 Å². The number of hydrogen-bond donors (Lipinski definition) is 0. The predicted octanol–water partition coefficient (Wildman–Crippen LogP) is -0.279. The Labute approximate surface area is 74.6 Å². The van der Waals surface area contributed by atoms with Gasteiger partial charge in [-0.2, -0.15) is 13.5 Å². The van der Waals surface area contributed by atoms with E-state index in [1.165, 1.54) is 37.2 Å². The van der Waals surface area contributed by atoms with Crippen LogP contribution in [0.2, 0.25) is 0 Å². The van der Waals surface area contributed by atoms with Crippen LogP contribution in [-0.2, 0) is 10.2 Å². The molecule has 7 heteroatoms. The molecule has 0 aliphatic rings. The predicted molar refractivity (Wildman–Crippen MR) is 44.2 cm³/mol. The maximum absolute atomic E-state index is 11.6. The van der Waals surface area contributed by atoms with E-state index in [-0.39, 0.29) is 0 Å². The Bertz CT molecular complexity index is 430. The second-order valence-electron chi connectivity index (χ2n) is 2.28. The fourth-order valence-corrected chi connectivity index (χ4v) is 1.84. The zero-order chi connectivity index (χ0) is 9.31. The third-order valence-electron chi connectivity index (χ3n) is 1.46. The number of hydrogen-bond acceptors (Lipinski definition) is 4. The van der Waals surface area contributed by atoms with Gasteiger partial charge in [0.1, 0.15) is 6.33 Å². The van der Waals surface area contributed by atoms with Crippen LogP contribution in [-0.4, -0.2) is 26.6 Å². The molecule has 0 atom stereocenters. The average molecular weight is 198 g/mol. The van der Waals surface area contributed by atoms with Gasteiger partial charge in [-0.1, -0.05) is 0 Å². The van der Waals surface area contributed by atoms with Gasteiger partial charge in [0.05, 0.1) is 6.20 Å². The van der Waals surface area contributed by atoms with Gasteiger partial charge in [0.2, 0.25) is 0 Å². The third kappa shape index (κ3) is 1.22. The summed E-state index contributed by atoms with van der Waals surface area (Å²) in [4.78, 5) is 3.64. The molecule has 2 heterocycles. The van der Waals surface area contributed by atoms with E-state index in [2.05, 4.69) is 10.1 Å². The summed E-state index contributed by atoms with van der Waals surface area (Å²) in [7, 11) is -3.59. The molecule has 0 bridgehead atoms. The Morgan fingerprint density at radius 2 is 2.00 bits per heavy atom. The quantitative estimate of drug-likeness (QED) is 0.665. The molecule has 6 nitrogen and oxygen atoms in total. The molecule has 2 aromatic rings. The molecule has 2 aromatic heterocycles. The molecule has 68 valence electrons. The zero-order valence-electron chi connectivity index (χ0n) is 6.48. The first-order chi connectivity index (χ1) is 6.21. The van der Waals surface area contributed by atoms with E-state index in [9.17, 15) is 8.42 Å². The average Bonchev–Trinajstić information content (AvgIpc) is 2.78. The minimum Gasteiger partial charge on any atom is -0.244 e. The van der Waals surface area contributed by atoms with Gasteiger partial charge in [0.15, 0.2) is 0 Å². The molecule has 2 rings (SSSR count). The van der Waals surface area contributed by atoms with Crippen molar-refractivity contribution in [2.45, 2.75) is 0 Å². The molecule has 0 amide bonds. The largest absolute Gasteiger partial charge is 0.349 e. The van der Waals surface area contributed by atoms with Gasteiger partial charge in [-0.25, -0.2) is 8.96 Å². The molecule has 0 aromatic carbocycles. The Morgan fingerprint density at radius 1 is 1.15 bits per heavy atom. The van der Waals surface area contributed by atoms with E-state index < -0.39 is 10.2 Å². The Morgan fingerprint density at radius 3 is 2.54 bits per heavy atom. The van der Waals surface area contributed by atoms with E-state index in [0.717, 1.165) is 8.06 Å². The summed E-state index contributed by atoms with van der Waals surface area (Å²) in [5.74, 6) is 0. The minimum atomic E-state index is -3.59. The number of nitrogens with zero attached hydrogens (tertiary/aromatic N) is 4. The highest BCUT2D eigenvalue weighted by molar-refractivity contribution is 7.88. The van der Waals surface area contributed by atoms with Crippen molar-refractivity contribution in [3.63, 3.8) is 0 Å². The maximum atomic E-state index is 11.6. The summed E-state index contributed by atoms with van der Waals surface area (Å²) < 4.78 is 25.0. The summed E-state index contributed by atoms with van der Waals surface area (Å²) in [5.41, 5.74) is 0. The fourth-order valence-electron chi connectivity index (χ4n) is 0.871. The normalized spacial score (nSPS) is 11.7. The summed E-state index contributed by atoms with van der Waals surface area (Å²) in [6.45, 7) is 0. The summed E-state index contributed by atoms with van der Waals surface area (Å²) in [6.07, 6.45) is 6.69. The van der Waals surface area contributed by atoms with Crippen molar-refractivity contribution >= 4 is 10.2 Å². The Kier molecular flexibility index (Phi) is 1.66. The van der Waals surface area contributed by atoms with Gasteiger partial charge in [0, 0.05) is 18.6 Å². The number of aromatic nitrogens is 4. The van der Waals surface area contributed by atoms with E-state index in [1.54, 1.807) is 0 Å². The topological polar surface area (TPSA) is 69.8 Å². The molecule has 0 aliphatic carbocycles. The molecule has 0 unspecified atom stereocenters. The van der Waals surface area contributed by atoms with Crippen LogP contribution in [0.25, 0.3) is 0 Å². The second-order valence-corrected chi connectivity index (χ2v) is 3.97. The SMILES string of the molecule is O=S(=O)(n1ccnc1)n1cccn1. The van der Waals surface area contributed by atoms with Crippen LogP contribution >= 0.6 is 0 Å². The van der Waals surface area contributed by atoms with Crippen molar-refractivity contribution in [2.75, 3.05) is 0 Å². The standard InChI is InChI=1S/C6H6N4O2S/c11-13(12,9-5-3-7-6-9)10-4-1-2-8-10/h1-6H. The first-order valence-electron chi connectivity index (χ1n) is 3.45. The highest BCUT2D eigenvalue weighted by Gasteiger charge is 2.13. The first kappa shape index (κ1) is 7.99. The molecule has 13 heavy (non-hydrogen) atoms. The molecule has 0 aliphatic heterocycles. The number of rotatable bonds is 2. The van der Waals surface area contributed by atoms with Crippen molar-refractivity contribution < 1.29 is 8.42 Å². The van der Waals surface area contributed by atoms with Crippen molar-refractivity contribution in [3.05, 3.63) is 37.2 Å². The fraction of sp³-hybridized carbons (Fsp3) is 0.